The van der Waals surface area contributed by atoms with E-state index in [9.17, 15) is 14.7 Å². The van der Waals surface area contributed by atoms with E-state index in [4.69, 9.17) is 9.47 Å². The maximum atomic E-state index is 12.5. The second-order valence-corrected chi connectivity index (χ2v) is 9.44. The average molecular weight is 491 g/mol. The van der Waals surface area contributed by atoms with Gasteiger partial charge in [-0.2, -0.15) is 4.98 Å². The van der Waals surface area contributed by atoms with Gasteiger partial charge in [0, 0.05) is 22.9 Å². The number of benzene rings is 1. The zero-order valence-electron chi connectivity index (χ0n) is 18.7. The molecule has 2 aliphatic heterocycles. The van der Waals surface area contributed by atoms with Gasteiger partial charge in [0.05, 0.1) is 24.5 Å². The first-order chi connectivity index (χ1) is 17.1. The lowest BCUT2D eigenvalue weighted by molar-refractivity contribution is -0.141. The van der Waals surface area contributed by atoms with Crippen molar-refractivity contribution in [1.29, 1.82) is 0 Å². The Balaban J connectivity index is 1.17. The number of ether oxygens (including phenoxy) is 2. The number of imidazole rings is 1. The molecule has 1 saturated heterocycles. The molecule has 9 nitrogen and oxygen atoms in total. The number of nitrogens with zero attached hydrogens (tertiary/aromatic N) is 4. The van der Waals surface area contributed by atoms with Crippen LogP contribution >= 0.6 is 11.8 Å². The molecule has 1 amide bonds. The van der Waals surface area contributed by atoms with Crippen LogP contribution in [-0.4, -0.2) is 54.8 Å². The van der Waals surface area contributed by atoms with Crippen LogP contribution < -0.4 is 4.74 Å². The van der Waals surface area contributed by atoms with Crippen LogP contribution in [0.1, 0.15) is 28.9 Å². The van der Waals surface area contributed by atoms with E-state index in [0.29, 0.717) is 42.7 Å². The molecule has 0 saturated carbocycles. The maximum Gasteiger partial charge on any atom is 0.353 e. The normalized spacial score (nSPS) is 19.6. The van der Waals surface area contributed by atoms with Gasteiger partial charge in [0.15, 0.2) is 0 Å². The topological polar surface area (TPSA) is 106 Å². The van der Waals surface area contributed by atoms with Crippen molar-refractivity contribution in [1.82, 2.24) is 19.3 Å². The van der Waals surface area contributed by atoms with Gasteiger partial charge in [0.25, 0.3) is 5.91 Å². The summed E-state index contributed by atoms with van der Waals surface area (Å²) in [6.45, 7) is 1.38. The standard InChI is InChI=1S/C25H22N4O5S/c30-22-18(23-29(22)20(14-35-23)24(31)32)11-16-12-28-19-8-4-7-17(19)21(27-25(28)26-16)34-10-9-33-13-15-5-2-1-3-6-15/h1-3,5-6,11-12,14,23H,4,7-10,13H2,(H,31,32)/b18-11-/t23-/m1/s1. The molecule has 35 heavy (non-hydrogen) atoms. The number of carbonyl (C=O) groups is 2. The molecule has 0 spiro atoms. The number of amides is 1. The first-order valence-electron chi connectivity index (χ1n) is 11.4. The number of fused-ring (bicyclic) bond motifs is 4. The monoisotopic (exact) mass is 490 g/mol. The number of aromatic nitrogens is 3. The Labute approximate surface area is 205 Å². The number of carboxylic acid groups (broad SMARTS) is 1. The smallest absolute Gasteiger partial charge is 0.353 e. The number of β-lactam (4-membered cyclic amide) rings is 1. The number of rotatable bonds is 8. The van der Waals surface area contributed by atoms with Crippen LogP contribution in [0.25, 0.3) is 11.9 Å². The van der Waals surface area contributed by atoms with Crippen LogP contribution in [-0.2, 0) is 33.8 Å². The molecule has 0 unspecified atom stereocenters. The summed E-state index contributed by atoms with van der Waals surface area (Å²) in [6.07, 6.45) is 6.42. The molecule has 6 rings (SSSR count). The summed E-state index contributed by atoms with van der Waals surface area (Å²) in [4.78, 5) is 34.4. The molecule has 1 atom stereocenters. The van der Waals surface area contributed by atoms with E-state index in [1.54, 1.807) is 6.08 Å². The molecule has 0 bridgehead atoms. The molecule has 1 fully saturated rings. The third kappa shape index (κ3) is 3.88. The number of hydrogen-bond donors (Lipinski definition) is 1. The number of hydrogen-bond acceptors (Lipinski definition) is 7. The van der Waals surface area contributed by atoms with Crippen molar-refractivity contribution in [3.8, 4) is 5.88 Å². The van der Waals surface area contributed by atoms with E-state index >= 15 is 0 Å². The lowest BCUT2D eigenvalue weighted by Crippen LogP contribution is -2.51. The van der Waals surface area contributed by atoms with Gasteiger partial charge in [0.1, 0.15) is 17.7 Å². The minimum atomic E-state index is -1.10. The molecular formula is C25H22N4O5S. The maximum absolute atomic E-state index is 12.5. The van der Waals surface area contributed by atoms with Gasteiger partial charge in [-0.15, -0.1) is 11.8 Å². The highest BCUT2D eigenvalue weighted by Crippen LogP contribution is 2.45. The van der Waals surface area contributed by atoms with Crippen LogP contribution in [0.5, 0.6) is 5.88 Å². The lowest BCUT2D eigenvalue weighted by atomic mass is 10.0. The predicted molar refractivity (Wildman–Crippen MR) is 129 cm³/mol. The Kier molecular flexibility index (Phi) is 5.54. The van der Waals surface area contributed by atoms with E-state index < -0.39 is 5.97 Å². The number of carboxylic acids is 1. The summed E-state index contributed by atoms with van der Waals surface area (Å²) in [5.41, 5.74) is 4.50. The highest BCUT2D eigenvalue weighted by molar-refractivity contribution is 8.03. The molecule has 0 radical (unpaired) electrons. The zero-order valence-corrected chi connectivity index (χ0v) is 19.5. The number of aliphatic carboxylic acids is 1. The Hall–Kier alpha value is -3.63. The van der Waals surface area contributed by atoms with Gasteiger partial charge in [0.2, 0.25) is 11.7 Å². The van der Waals surface area contributed by atoms with E-state index in [1.165, 1.54) is 22.1 Å². The lowest BCUT2D eigenvalue weighted by Gasteiger charge is -2.36. The summed E-state index contributed by atoms with van der Waals surface area (Å²) >= 11 is 1.31. The molecule has 1 aromatic carbocycles. The quantitative estimate of drug-likeness (QED) is 0.292. The van der Waals surface area contributed by atoms with E-state index in [-0.39, 0.29) is 17.0 Å². The molecule has 3 aliphatic rings. The molecule has 1 aliphatic carbocycles. The largest absolute Gasteiger partial charge is 0.477 e. The van der Waals surface area contributed by atoms with Crippen molar-refractivity contribution in [3.05, 3.63) is 75.7 Å². The summed E-state index contributed by atoms with van der Waals surface area (Å²) in [5, 5.41) is 10.4. The Morgan fingerprint density at radius 2 is 2.06 bits per heavy atom. The van der Waals surface area contributed by atoms with E-state index in [2.05, 4.69) is 9.97 Å². The van der Waals surface area contributed by atoms with Gasteiger partial charge >= 0.3 is 5.97 Å². The fraction of sp³-hybridized carbons (Fsp3) is 0.280. The SMILES string of the molecule is O=C(O)C1=CS[C@@H]2/C(=C\c3cn4c5c(c(OCCOCc6ccccc6)nc4n3)CCC5)C(=O)N12. The Bertz CT molecular complexity index is 1400. The van der Waals surface area contributed by atoms with Crippen LogP contribution in [0.4, 0.5) is 0 Å². The van der Waals surface area contributed by atoms with Gasteiger partial charge < -0.3 is 14.6 Å². The van der Waals surface area contributed by atoms with Crippen molar-refractivity contribution in [2.75, 3.05) is 13.2 Å². The predicted octanol–water partition coefficient (Wildman–Crippen LogP) is 3.04. The highest BCUT2D eigenvalue weighted by atomic mass is 32.2. The highest BCUT2D eigenvalue weighted by Gasteiger charge is 2.49. The summed E-state index contributed by atoms with van der Waals surface area (Å²) < 4.78 is 13.7. The second-order valence-electron chi connectivity index (χ2n) is 8.49. The molecule has 2 aromatic heterocycles. The first-order valence-corrected chi connectivity index (χ1v) is 12.3. The number of aryl methyl sites for hydroxylation is 1. The van der Waals surface area contributed by atoms with Crippen LogP contribution in [0, 0.1) is 0 Å². The molecule has 1 N–H and O–H groups in total. The van der Waals surface area contributed by atoms with Gasteiger partial charge in [-0.3, -0.25) is 14.1 Å². The van der Waals surface area contributed by atoms with Crippen molar-refractivity contribution in [2.45, 2.75) is 31.2 Å². The fourth-order valence-corrected chi connectivity index (χ4v) is 5.74. The van der Waals surface area contributed by atoms with Crippen LogP contribution in [0.2, 0.25) is 0 Å². The molecule has 3 aromatic rings. The van der Waals surface area contributed by atoms with Gasteiger partial charge in [-0.1, -0.05) is 30.3 Å². The summed E-state index contributed by atoms with van der Waals surface area (Å²) in [6, 6.07) is 10.00. The van der Waals surface area contributed by atoms with E-state index in [1.807, 2.05) is 40.9 Å². The molecular weight excluding hydrogens is 468 g/mol. The first kappa shape index (κ1) is 21.9. The third-order valence-corrected chi connectivity index (χ3v) is 7.36. The fourth-order valence-electron chi connectivity index (χ4n) is 4.62. The van der Waals surface area contributed by atoms with Crippen LogP contribution in [0.3, 0.4) is 0 Å². The second kappa shape index (κ2) is 8.86. The molecule has 178 valence electrons. The number of thioether (sulfide) groups is 1. The van der Waals surface area contributed by atoms with Gasteiger partial charge in [-0.25, -0.2) is 9.78 Å². The Morgan fingerprint density at radius 3 is 2.89 bits per heavy atom. The zero-order chi connectivity index (χ0) is 23.9. The minimum Gasteiger partial charge on any atom is -0.477 e. The summed E-state index contributed by atoms with van der Waals surface area (Å²) in [5.74, 6) is -0.295. The van der Waals surface area contributed by atoms with Crippen LogP contribution in [0.15, 0.2) is 53.2 Å². The third-order valence-electron chi connectivity index (χ3n) is 6.28. The average Bonchev–Trinajstić information content (AvgIpc) is 3.59. The Morgan fingerprint density at radius 1 is 1.20 bits per heavy atom. The molecule has 10 heteroatoms. The van der Waals surface area contributed by atoms with E-state index in [0.717, 1.165) is 36.1 Å². The van der Waals surface area contributed by atoms with Gasteiger partial charge in [-0.05, 0) is 30.9 Å². The van der Waals surface area contributed by atoms with Crippen molar-refractivity contribution in [3.63, 3.8) is 0 Å². The number of carbonyl (C=O) groups excluding carboxylic acids is 1. The van der Waals surface area contributed by atoms with Crippen molar-refractivity contribution < 1.29 is 24.2 Å². The molecule has 4 heterocycles. The minimum absolute atomic E-state index is 0.0196. The summed E-state index contributed by atoms with van der Waals surface area (Å²) in [7, 11) is 0. The van der Waals surface area contributed by atoms with Crippen molar-refractivity contribution in [2.24, 2.45) is 0 Å². The van der Waals surface area contributed by atoms with Crippen molar-refractivity contribution >= 4 is 35.5 Å².